The molecule has 7 nitrogen and oxygen atoms in total. The molecule has 4 rings (SSSR count). The van der Waals surface area contributed by atoms with Gasteiger partial charge in [0.2, 0.25) is 11.7 Å². The van der Waals surface area contributed by atoms with E-state index in [-0.39, 0.29) is 31.2 Å². The predicted molar refractivity (Wildman–Crippen MR) is 105 cm³/mol. The van der Waals surface area contributed by atoms with Gasteiger partial charge in [-0.1, -0.05) is 34.0 Å². The van der Waals surface area contributed by atoms with E-state index in [9.17, 15) is 9.18 Å². The third-order valence-electron chi connectivity index (χ3n) is 4.19. The van der Waals surface area contributed by atoms with Gasteiger partial charge in [-0.05, 0) is 36.4 Å². The lowest BCUT2D eigenvalue weighted by Crippen LogP contribution is -2.05. The summed E-state index contributed by atoms with van der Waals surface area (Å²) in [7, 11) is 0. The summed E-state index contributed by atoms with van der Waals surface area (Å²) in [6.07, 6.45) is 0.280. The molecule has 2 aromatic carbocycles. The standard InChI is InChI=1S/C21H15ClFN3O4/c22-15-5-1-13(2-6-15)18-11-17(29-25-18)12-28-20(27)10-9-19-24-21(26-30-19)14-3-7-16(23)8-4-14/h1-8,11H,9-10,12H2. The normalized spacial score (nSPS) is 10.9. The van der Waals surface area contributed by atoms with Crippen LogP contribution in [0, 0.1) is 5.82 Å². The van der Waals surface area contributed by atoms with Crippen molar-refractivity contribution in [1.29, 1.82) is 0 Å². The minimum Gasteiger partial charge on any atom is -0.457 e. The highest BCUT2D eigenvalue weighted by Gasteiger charge is 2.13. The van der Waals surface area contributed by atoms with Crippen molar-refractivity contribution in [1.82, 2.24) is 15.3 Å². The Morgan fingerprint density at radius 2 is 1.73 bits per heavy atom. The quantitative estimate of drug-likeness (QED) is 0.389. The molecule has 0 aliphatic rings. The van der Waals surface area contributed by atoms with E-state index in [2.05, 4.69) is 15.3 Å². The molecule has 0 radical (unpaired) electrons. The Balaban J connectivity index is 1.27. The second-order valence-electron chi connectivity index (χ2n) is 6.36. The number of carbonyl (C=O) groups is 1. The first kappa shape index (κ1) is 19.8. The molecular weight excluding hydrogens is 413 g/mol. The van der Waals surface area contributed by atoms with Crippen molar-refractivity contribution in [2.24, 2.45) is 0 Å². The van der Waals surface area contributed by atoms with Gasteiger partial charge < -0.3 is 13.8 Å². The molecule has 2 heterocycles. The van der Waals surface area contributed by atoms with Gasteiger partial charge in [0.05, 0.1) is 6.42 Å². The van der Waals surface area contributed by atoms with E-state index in [1.54, 1.807) is 30.3 Å². The van der Waals surface area contributed by atoms with Crippen LogP contribution in [0.3, 0.4) is 0 Å². The topological polar surface area (TPSA) is 91.2 Å². The summed E-state index contributed by atoms with van der Waals surface area (Å²) in [6, 6.07) is 14.6. The molecule has 30 heavy (non-hydrogen) atoms. The van der Waals surface area contributed by atoms with Crippen LogP contribution in [-0.2, 0) is 22.6 Å². The van der Waals surface area contributed by atoms with E-state index in [1.807, 2.05) is 12.1 Å². The molecule has 0 N–H and O–H groups in total. The molecule has 0 bridgehead atoms. The van der Waals surface area contributed by atoms with Crippen molar-refractivity contribution in [3.63, 3.8) is 0 Å². The molecule has 0 atom stereocenters. The maximum Gasteiger partial charge on any atom is 0.306 e. The van der Waals surface area contributed by atoms with Gasteiger partial charge in [-0.2, -0.15) is 4.98 Å². The molecular formula is C21H15ClFN3O4. The van der Waals surface area contributed by atoms with Crippen LogP contribution in [-0.4, -0.2) is 21.3 Å². The first-order valence-electron chi connectivity index (χ1n) is 9.02. The number of aromatic nitrogens is 3. The molecule has 9 heteroatoms. The van der Waals surface area contributed by atoms with Crippen molar-refractivity contribution in [2.45, 2.75) is 19.4 Å². The van der Waals surface area contributed by atoms with Crippen LogP contribution in [0.5, 0.6) is 0 Å². The lowest BCUT2D eigenvalue weighted by molar-refractivity contribution is -0.145. The third kappa shape index (κ3) is 4.90. The molecule has 4 aromatic rings. The predicted octanol–water partition coefficient (Wildman–Crippen LogP) is 4.86. The number of rotatable bonds is 7. The average molecular weight is 428 g/mol. The van der Waals surface area contributed by atoms with E-state index in [0.717, 1.165) is 5.56 Å². The van der Waals surface area contributed by atoms with E-state index in [0.29, 0.717) is 27.9 Å². The molecule has 152 valence electrons. The summed E-state index contributed by atoms with van der Waals surface area (Å²) >= 11 is 5.87. The molecule has 0 spiro atoms. The molecule has 0 amide bonds. The Kier molecular flexibility index (Phi) is 5.85. The summed E-state index contributed by atoms with van der Waals surface area (Å²) in [5.41, 5.74) is 2.08. The van der Waals surface area contributed by atoms with Crippen molar-refractivity contribution in [3.05, 3.63) is 77.1 Å². The SMILES string of the molecule is O=C(CCc1nc(-c2ccc(F)cc2)no1)OCc1cc(-c2ccc(Cl)cc2)no1. The van der Waals surface area contributed by atoms with Crippen molar-refractivity contribution < 1.29 is 23.0 Å². The molecule has 0 saturated heterocycles. The van der Waals surface area contributed by atoms with E-state index >= 15 is 0 Å². The summed E-state index contributed by atoms with van der Waals surface area (Å²) in [5.74, 6) is 0.244. The Hall–Kier alpha value is -3.52. The van der Waals surface area contributed by atoms with E-state index in [1.165, 1.54) is 12.1 Å². The first-order valence-corrected chi connectivity index (χ1v) is 9.40. The van der Waals surface area contributed by atoms with Crippen molar-refractivity contribution >= 4 is 17.6 Å². The maximum absolute atomic E-state index is 13.0. The van der Waals surface area contributed by atoms with Crippen LogP contribution < -0.4 is 0 Å². The zero-order valence-corrected chi connectivity index (χ0v) is 16.3. The van der Waals surface area contributed by atoms with Crippen molar-refractivity contribution in [2.75, 3.05) is 0 Å². The Labute approximate surface area is 175 Å². The summed E-state index contributed by atoms with van der Waals surface area (Å²) in [4.78, 5) is 16.2. The molecule has 0 aliphatic carbocycles. The molecule has 0 fully saturated rings. The highest BCUT2D eigenvalue weighted by atomic mass is 35.5. The van der Waals surface area contributed by atoms with E-state index in [4.69, 9.17) is 25.4 Å². The Morgan fingerprint density at radius 1 is 1.00 bits per heavy atom. The fraction of sp³-hybridized carbons (Fsp3) is 0.143. The van der Waals surface area contributed by atoms with Gasteiger partial charge in [0.15, 0.2) is 12.4 Å². The van der Waals surface area contributed by atoms with Gasteiger partial charge in [-0.25, -0.2) is 4.39 Å². The second kappa shape index (κ2) is 8.87. The average Bonchev–Trinajstić information content (AvgIpc) is 3.42. The number of nitrogens with zero attached hydrogens (tertiary/aromatic N) is 3. The Morgan fingerprint density at radius 3 is 2.50 bits per heavy atom. The molecule has 2 aromatic heterocycles. The number of benzene rings is 2. The number of ether oxygens (including phenoxy) is 1. The number of hydrogen-bond donors (Lipinski definition) is 0. The highest BCUT2D eigenvalue weighted by molar-refractivity contribution is 6.30. The van der Waals surface area contributed by atoms with Crippen molar-refractivity contribution in [3.8, 4) is 22.6 Å². The highest BCUT2D eigenvalue weighted by Crippen LogP contribution is 2.22. The fourth-order valence-corrected chi connectivity index (χ4v) is 2.77. The first-order chi connectivity index (χ1) is 14.6. The van der Waals surface area contributed by atoms with Gasteiger partial charge in [-0.3, -0.25) is 4.79 Å². The largest absolute Gasteiger partial charge is 0.457 e. The second-order valence-corrected chi connectivity index (χ2v) is 6.80. The van der Waals surface area contributed by atoms with Crippen LogP contribution in [0.15, 0.2) is 63.6 Å². The molecule has 0 aliphatic heterocycles. The third-order valence-corrected chi connectivity index (χ3v) is 4.44. The van der Waals surface area contributed by atoms with Gasteiger partial charge in [-0.15, -0.1) is 0 Å². The fourth-order valence-electron chi connectivity index (χ4n) is 2.64. The van der Waals surface area contributed by atoms with Gasteiger partial charge in [0.1, 0.15) is 11.5 Å². The van der Waals surface area contributed by atoms with Crippen LogP contribution >= 0.6 is 11.6 Å². The van der Waals surface area contributed by atoms with E-state index < -0.39 is 5.97 Å². The zero-order valence-electron chi connectivity index (χ0n) is 15.5. The number of aryl methyl sites for hydroxylation is 1. The Bertz CT molecular complexity index is 1050. The number of carbonyl (C=O) groups excluding carboxylic acids is 1. The van der Waals surface area contributed by atoms with Crippen LogP contribution in [0.2, 0.25) is 5.02 Å². The monoisotopic (exact) mass is 427 g/mol. The van der Waals surface area contributed by atoms with Crippen LogP contribution in [0.25, 0.3) is 22.6 Å². The minimum atomic E-state index is -0.444. The zero-order chi connectivity index (χ0) is 20.9. The summed E-state index contributed by atoms with van der Waals surface area (Å²) in [6.45, 7) is -0.0376. The summed E-state index contributed by atoms with van der Waals surface area (Å²) < 4.78 is 28.5. The van der Waals surface area contributed by atoms with Crippen LogP contribution in [0.4, 0.5) is 4.39 Å². The smallest absolute Gasteiger partial charge is 0.306 e. The lowest BCUT2D eigenvalue weighted by atomic mass is 10.1. The van der Waals surface area contributed by atoms with Gasteiger partial charge >= 0.3 is 5.97 Å². The number of halogens is 2. The van der Waals surface area contributed by atoms with Gasteiger partial charge in [0.25, 0.3) is 0 Å². The van der Waals surface area contributed by atoms with Crippen LogP contribution in [0.1, 0.15) is 18.1 Å². The number of esters is 1. The maximum atomic E-state index is 13.0. The molecule has 0 saturated carbocycles. The lowest BCUT2D eigenvalue weighted by Gasteiger charge is -2.00. The van der Waals surface area contributed by atoms with Gasteiger partial charge in [0, 0.05) is 28.6 Å². The minimum absolute atomic E-state index is 0.0376. The molecule has 0 unspecified atom stereocenters. The number of hydrogen-bond acceptors (Lipinski definition) is 7. The summed E-state index contributed by atoms with van der Waals surface area (Å²) in [5, 5.41) is 8.42.